The van der Waals surface area contributed by atoms with E-state index in [-0.39, 0.29) is 0 Å². The SMILES string of the molecule is C=C1OC(=O)OC1C(F)(F)C(F)(F)S(=O)(=O)C(F)(F)F. The van der Waals surface area contributed by atoms with Crippen LogP contribution in [0, 0.1) is 0 Å². The molecule has 0 spiro atoms. The zero-order valence-corrected chi connectivity index (χ0v) is 9.70. The van der Waals surface area contributed by atoms with Crippen molar-refractivity contribution in [1.82, 2.24) is 0 Å². The van der Waals surface area contributed by atoms with E-state index >= 15 is 0 Å². The van der Waals surface area contributed by atoms with E-state index in [0.717, 1.165) is 0 Å². The summed E-state index contributed by atoms with van der Waals surface area (Å²) in [6, 6.07) is 0. The molecular formula is C7H3F7O5S. The van der Waals surface area contributed by atoms with Crippen LogP contribution in [-0.4, -0.2) is 37.4 Å². The van der Waals surface area contributed by atoms with Gasteiger partial charge in [-0.2, -0.15) is 30.7 Å². The van der Waals surface area contributed by atoms with Gasteiger partial charge >= 0.3 is 32.7 Å². The molecule has 1 aliphatic rings. The zero-order chi connectivity index (χ0) is 16.1. The lowest BCUT2D eigenvalue weighted by molar-refractivity contribution is -0.203. The van der Waals surface area contributed by atoms with E-state index in [0.29, 0.717) is 0 Å². The van der Waals surface area contributed by atoms with Gasteiger partial charge in [0, 0.05) is 0 Å². The standard InChI is InChI=1S/C7H3F7O5S/c1-2-3(19-4(15)18-2)5(8,9)6(10,11)20(16,17)7(12,13)14/h3H,1H2. The molecule has 0 radical (unpaired) electrons. The molecule has 0 aromatic rings. The van der Waals surface area contributed by atoms with Crippen LogP contribution in [0.3, 0.4) is 0 Å². The van der Waals surface area contributed by atoms with Crippen molar-refractivity contribution in [3.8, 4) is 0 Å². The lowest BCUT2D eigenvalue weighted by Crippen LogP contribution is -2.57. The average molecular weight is 332 g/mol. The molecule has 116 valence electrons. The third kappa shape index (κ3) is 2.09. The van der Waals surface area contributed by atoms with E-state index < -0.39 is 44.5 Å². The van der Waals surface area contributed by atoms with Crippen molar-refractivity contribution in [3.63, 3.8) is 0 Å². The molecule has 1 rings (SSSR count). The maximum absolute atomic E-state index is 13.3. The van der Waals surface area contributed by atoms with Crippen molar-refractivity contribution in [3.05, 3.63) is 12.3 Å². The second kappa shape index (κ2) is 4.23. The minimum Gasteiger partial charge on any atom is -0.416 e. The largest absolute Gasteiger partial charge is 0.514 e. The minimum absolute atomic E-state index is 1.45. The summed E-state index contributed by atoms with van der Waals surface area (Å²) in [6.07, 6.45) is -5.30. The fourth-order valence-electron chi connectivity index (χ4n) is 1.10. The van der Waals surface area contributed by atoms with Gasteiger partial charge in [-0.15, -0.1) is 0 Å². The van der Waals surface area contributed by atoms with Crippen LogP contribution in [0.2, 0.25) is 0 Å². The van der Waals surface area contributed by atoms with Gasteiger partial charge in [0.15, 0.2) is 5.76 Å². The Morgan fingerprint density at radius 2 is 1.50 bits per heavy atom. The van der Waals surface area contributed by atoms with Crippen LogP contribution in [0.15, 0.2) is 12.3 Å². The lowest BCUT2D eigenvalue weighted by Gasteiger charge is -2.28. The van der Waals surface area contributed by atoms with Gasteiger partial charge in [0.1, 0.15) is 0 Å². The van der Waals surface area contributed by atoms with Crippen LogP contribution < -0.4 is 0 Å². The second-order valence-electron chi connectivity index (χ2n) is 3.41. The molecule has 1 heterocycles. The summed E-state index contributed by atoms with van der Waals surface area (Å²) in [5, 5.41) is -6.60. The van der Waals surface area contributed by atoms with Crippen molar-refractivity contribution in [2.75, 3.05) is 0 Å². The fourth-order valence-corrected chi connectivity index (χ4v) is 1.86. The quantitative estimate of drug-likeness (QED) is 0.585. The summed E-state index contributed by atoms with van der Waals surface area (Å²) in [7, 11) is -7.58. The summed E-state index contributed by atoms with van der Waals surface area (Å²) < 4.78 is 117. The highest BCUT2D eigenvalue weighted by Crippen LogP contribution is 2.49. The van der Waals surface area contributed by atoms with Crippen molar-refractivity contribution in [2.45, 2.75) is 22.8 Å². The monoisotopic (exact) mass is 332 g/mol. The number of hydrogen-bond donors (Lipinski definition) is 0. The number of rotatable bonds is 3. The van der Waals surface area contributed by atoms with E-state index in [2.05, 4.69) is 16.1 Å². The molecule has 1 atom stereocenters. The topological polar surface area (TPSA) is 69.7 Å². The van der Waals surface area contributed by atoms with Crippen LogP contribution in [0.4, 0.5) is 35.5 Å². The summed E-state index contributed by atoms with van der Waals surface area (Å²) in [5.41, 5.74) is -6.65. The highest BCUT2D eigenvalue weighted by Gasteiger charge is 2.78. The van der Waals surface area contributed by atoms with Crippen molar-refractivity contribution < 1.29 is 53.4 Å². The van der Waals surface area contributed by atoms with Crippen LogP contribution >= 0.6 is 0 Å². The van der Waals surface area contributed by atoms with Gasteiger partial charge in [-0.25, -0.2) is 13.2 Å². The first-order valence-electron chi connectivity index (χ1n) is 4.30. The number of carbonyl (C=O) groups is 1. The minimum atomic E-state index is -7.58. The Hall–Kier alpha value is -1.53. The highest BCUT2D eigenvalue weighted by molar-refractivity contribution is 7.93. The van der Waals surface area contributed by atoms with E-state index in [1.165, 1.54) is 0 Å². The summed E-state index contributed by atoms with van der Waals surface area (Å²) in [4.78, 5) is 10.4. The number of cyclic esters (lactones) is 2. The molecule has 0 saturated carbocycles. The van der Waals surface area contributed by atoms with Gasteiger partial charge in [0.05, 0.1) is 0 Å². The van der Waals surface area contributed by atoms with Crippen molar-refractivity contribution in [1.29, 1.82) is 0 Å². The third-order valence-electron chi connectivity index (χ3n) is 2.08. The molecule has 1 saturated heterocycles. The Morgan fingerprint density at radius 3 is 1.80 bits per heavy atom. The normalized spacial score (nSPS) is 21.6. The van der Waals surface area contributed by atoms with E-state index in [1.54, 1.807) is 0 Å². The highest BCUT2D eigenvalue weighted by atomic mass is 32.2. The number of carbonyl (C=O) groups excluding carboxylic acids is 1. The molecule has 0 bridgehead atoms. The molecule has 1 fully saturated rings. The summed E-state index contributed by atoms with van der Waals surface area (Å²) >= 11 is 0. The van der Waals surface area contributed by atoms with Crippen molar-refractivity contribution in [2.24, 2.45) is 0 Å². The van der Waals surface area contributed by atoms with E-state index in [9.17, 15) is 43.9 Å². The Labute approximate surface area is 105 Å². The predicted molar refractivity (Wildman–Crippen MR) is 45.4 cm³/mol. The van der Waals surface area contributed by atoms with Gasteiger partial charge in [-0.05, 0) is 0 Å². The molecule has 1 aliphatic heterocycles. The van der Waals surface area contributed by atoms with Crippen molar-refractivity contribution >= 4 is 16.0 Å². The van der Waals surface area contributed by atoms with E-state index in [1.807, 2.05) is 0 Å². The zero-order valence-electron chi connectivity index (χ0n) is 8.88. The van der Waals surface area contributed by atoms with Crippen LogP contribution in [-0.2, 0) is 19.3 Å². The molecule has 13 heteroatoms. The number of hydrogen-bond acceptors (Lipinski definition) is 5. The molecule has 0 aromatic heterocycles. The van der Waals surface area contributed by atoms with Gasteiger partial charge in [0.25, 0.3) is 0 Å². The molecule has 1 unspecified atom stereocenters. The Kier molecular flexibility index (Phi) is 3.50. The van der Waals surface area contributed by atoms with Crippen LogP contribution in [0.5, 0.6) is 0 Å². The van der Waals surface area contributed by atoms with E-state index in [4.69, 9.17) is 0 Å². The Morgan fingerprint density at radius 1 is 1.05 bits per heavy atom. The molecular weight excluding hydrogens is 329 g/mol. The molecule has 0 aliphatic carbocycles. The van der Waals surface area contributed by atoms with Crippen LogP contribution in [0.25, 0.3) is 0 Å². The molecule has 0 amide bonds. The maximum atomic E-state index is 13.3. The predicted octanol–water partition coefficient (Wildman–Crippen LogP) is 2.20. The number of alkyl halides is 7. The smallest absolute Gasteiger partial charge is 0.416 e. The van der Waals surface area contributed by atoms with Gasteiger partial charge in [0.2, 0.25) is 6.10 Å². The number of sulfone groups is 1. The van der Waals surface area contributed by atoms with Gasteiger partial charge < -0.3 is 9.47 Å². The second-order valence-corrected chi connectivity index (χ2v) is 5.39. The number of ether oxygens (including phenoxy) is 2. The summed E-state index contributed by atoms with van der Waals surface area (Å²) in [6.45, 7) is 2.55. The molecule has 20 heavy (non-hydrogen) atoms. The molecule has 0 aromatic carbocycles. The van der Waals surface area contributed by atoms with Gasteiger partial charge in [-0.1, -0.05) is 6.58 Å². The number of halogens is 7. The lowest BCUT2D eigenvalue weighted by atomic mass is 10.1. The first kappa shape index (κ1) is 16.5. The average Bonchev–Trinajstić information content (AvgIpc) is 2.56. The first-order valence-corrected chi connectivity index (χ1v) is 5.78. The summed E-state index contributed by atoms with van der Waals surface area (Å²) in [5.74, 6) is -7.39. The first-order chi connectivity index (χ1) is 8.66. The molecule has 0 N–H and O–H groups in total. The fraction of sp³-hybridized carbons (Fsp3) is 0.571. The van der Waals surface area contributed by atoms with Crippen LogP contribution in [0.1, 0.15) is 0 Å². The Balaban J connectivity index is 3.33. The molecule has 5 nitrogen and oxygen atoms in total. The third-order valence-corrected chi connectivity index (χ3v) is 3.64. The Bertz CT molecular complexity index is 548. The maximum Gasteiger partial charge on any atom is 0.514 e. The van der Waals surface area contributed by atoms with Gasteiger partial charge in [-0.3, -0.25) is 0 Å².